The van der Waals surface area contributed by atoms with Gasteiger partial charge >= 0.3 is 0 Å². The van der Waals surface area contributed by atoms with E-state index in [1.165, 1.54) is 12.8 Å². The molecule has 4 nitrogen and oxygen atoms in total. The van der Waals surface area contributed by atoms with Crippen LogP contribution in [0.3, 0.4) is 0 Å². The maximum atomic E-state index is 9.26. The molecule has 0 aromatic carbocycles. The normalized spacial score (nSPS) is 18.0. The summed E-state index contributed by atoms with van der Waals surface area (Å²) >= 11 is 0. The molecule has 0 radical (unpaired) electrons. The van der Waals surface area contributed by atoms with Crippen LogP contribution in [0.15, 0.2) is 0 Å². The molecule has 0 saturated heterocycles. The zero-order valence-corrected chi connectivity index (χ0v) is 11.5. The van der Waals surface area contributed by atoms with Gasteiger partial charge in [-0.1, -0.05) is 0 Å². The second-order valence-electron chi connectivity index (χ2n) is 5.33. The summed E-state index contributed by atoms with van der Waals surface area (Å²) < 4.78 is 5.51. The van der Waals surface area contributed by atoms with Crippen molar-refractivity contribution < 1.29 is 9.84 Å². The summed E-state index contributed by atoms with van der Waals surface area (Å²) in [6.45, 7) is 7.11. The summed E-state index contributed by atoms with van der Waals surface area (Å²) in [7, 11) is 2.11. The maximum Gasteiger partial charge on any atom is 0.0596 e. The van der Waals surface area contributed by atoms with Crippen LogP contribution >= 0.6 is 0 Å². The molecule has 0 bridgehead atoms. The summed E-state index contributed by atoms with van der Waals surface area (Å²) in [6, 6.07) is 0.928. The summed E-state index contributed by atoms with van der Waals surface area (Å²) in [6.07, 6.45) is 3.86. The average Bonchev–Trinajstić information content (AvgIpc) is 3.07. The highest BCUT2D eigenvalue weighted by Gasteiger charge is 2.24. The second-order valence-corrected chi connectivity index (χ2v) is 5.33. The molecule has 1 unspecified atom stereocenters. The molecule has 0 aromatic heterocycles. The number of hydrogen-bond donors (Lipinski definition) is 2. The summed E-state index contributed by atoms with van der Waals surface area (Å²) in [5.41, 5.74) is 0. The third-order valence-electron chi connectivity index (χ3n) is 3.05. The third kappa shape index (κ3) is 7.71. The van der Waals surface area contributed by atoms with Crippen LogP contribution < -0.4 is 5.32 Å². The van der Waals surface area contributed by atoms with Crippen LogP contribution in [-0.4, -0.2) is 61.5 Å². The predicted octanol–water partition coefficient (Wildman–Crippen LogP) is 0.846. The second kappa shape index (κ2) is 8.03. The Kier molecular flexibility index (Phi) is 7.04. The van der Waals surface area contributed by atoms with Crippen LogP contribution in [0.5, 0.6) is 0 Å². The van der Waals surface area contributed by atoms with Crippen molar-refractivity contribution in [3.63, 3.8) is 0 Å². The minimum absolute atomic E-state index is 0.243. The van der Waals surface area contributed by atoms with Crippen molar-refractivity contribution in [2.75, 3.05) is 33.4 Å². The van der Waals surface area contributed by atoms with Gasteiger partial charge < -0.3 is 20.1 Å². The Labute approximate surface area is 105 Å². The highest BCUT2D eigenvalue weighted by molar-refractivity contribution is 4.84. The first-order valence-corrected chi connectivity index (χ1v) is 6.79. The average molecular weight is 244 g/mol. The third-order valence-corrected chi connectivity index (χ3v) is 3.05. The lowest BCUT2D eigenvalue weighted by Gasteiger charge is -2.21. The van der Waals surface area contributed by atoms with Crippen LogP contribution in [-0.2, 0) is 4.74 Å². The minimum atomic E-state index is 0.243. The predicted molar refractivity (Wildman–Crippen MR) is 70.2 cm³/mol. The molecule has 1 rings (SSSR count). The first-order chi connectivity index (χ1) is 8.11. The van der Waals surface area contributed by atoms with Crippen molar-refractivity contribution in [3.8, 4) is 0 Å². The molecule has 1 aliphatic carbocycles. The summed E-state index contributed by atoms with van der Waals surface area (Å²) in [5, 5.41) is 12.7. The number of aliphatic hydroxyl groups excluding tert-OH is 1. The van der Waals surface area contributed by atoms with E-state index in [0.29, 0.717) is 12.1 Å². The van der Waals surface area contributed by atoms with E-state index in [-0.39, 0.29) is 12.6 Å². The molecule has 1 aliphatic rings. The zero-order chi connectivity index (χ0) is 12.7. The van der Waals surface area contributed by atoms with E-state index < -0.39 is 0 Å². The van der Waals surface area contributed by atoms with Crippen LogP contribution in [0.4, 0.5) is 0 Å². The topological polar surface area (TPSA) is 44.7 Å². The molecule has 2 N–H and O–H groups in total. The fraction of sp³-hybridized carbons (Fsp3) is 1.00. The largest absolute Gasteiger partial charge is 0.395 e. The molecule has 17 heavy (non-hydrogen) atoms. The number of ether oxygens (including phenoxy) is 1. The highest BCUT2D eigenvalue weighted by atomic mass is 16.5. The molecule has 0 aliphatic heterocycles. The Morgan fingerprint density at radius 2 is 2.06 bits per heavy atom. The van der Waals surface area contributed by atoms with Crippen molar-refractivity contribution in [2.24, 2.45) is 0 Å². The van der Waals surface area contributed by atoms with Gasteiger partial charge in [0.25, 0.3) is 0 Å². The van der Waals surface area contributed by atoms with Gasteiger partial charge in [-0.25, -0.2) is 0 Å². The Morgan fingerprint density at radius 1 is 1.35 bits per heavy atom. The van der Waals surface area contributed by atoms with Gasteiger partial charge in [0.15, 0.2) is 0 Å². The van der Waals surface area contributed by atoms with Gasteiger partial charge in [-0.05, 0) is 46.7 Å². The lowest BCUT2D eigenvalue weighted by atomic mass is 10.2. The number of hydrogen-bond acceptors (Lipinski definition) is 4. The van der Waals surface area contributed by atoms with Crippen molar-refractivity contribution in [3.05, 3.63) is 0 Å². The standard InChI is InChI=1S/C13H28N2O2/c1-11(2)17-9-8-15(3)7-6-13(10-16)14-12-4-5-12/h11-14,16H,4-10H2,1-3H3. The molecular weight excluding hydrogens is 216 g/mol. The molecule has 4 heteroatoms. The van der Waals surface area contributed by atoms with Gasteiger partial charge in [0.05, 0.1) is 19.3 Å². The molecule has 0 heterocycles. The molecule has 0 amide bonds. The molecule has 0 spiro atoms. The van der Waals surface area contributed by atoms with Gasteiger partial charge in [-0.2, -0.15) is 0 Å². The van der Waals surface area contributed by atoms with Crippen LogP contribution in [0.25, 0.3) is 0 Å². The maximum absolute atomic E-state index is 9.26. The van der Waals surface area contributed by atoms with Crippen molar-refractivity contribution >= 4 is 0 Å². The smallest absolute Gasteiger partial charge is 0.0596 e. The molecule has 102 valence electrons. The fourth-order valence-electron chi connectivity index (χ4n) is 1.74. The Balaban J connectivity index is 2.01. The van der Waals surface area contributed by atoms with Gasteiger partial charge in [-0.3, -0.25) is 0 Å². The Morgan fingerprint density at radius 3 is 2.59 bits per heavy atom. The molecule has 1 fully saturated rings. The van der Waals surface area contributed by atoms with Crippen LogP contribution in [0.2, 0.25) is 0 Å². The van der Waals surface area contributed by atoms with Gasteiger partial charge in [-0.15, -0.1) is 0 Å². The SMILES string of the molecule is CC(C)OCCN(C)CCC(CO)NC1CC1. The van der Waals surface area contributed by atoms with E-state index in [0.717, 1.165) is 26.1 Å². The highest BCUT2D eigenvalue weighted by Crippen LogP contribution is 2.19. The number of nitrogens with zero attached hydrogens (tertiary/aromatic N) is 1. The van der Waals surface area contributed by atoms with Crippen LogP contribution in [0, 0.1) is 0 Å². The van der Waals surface area contributed by atoms with Crippen molar-refractivity contribution in [1.82, 2.24) is 10.2 Å². The van der Waals surface area contributed by atoms with Gasteiger partial charge in [0.1, 0.15) is 0 Å². The zero-order valence-electron chi connectivity index (χ0n) is 11.5. The van der Waals surface area contributed by atoms with Gasteiger partial charge in [0, 0.05) is 18.6 Å². The van der Waals surface area contributed by atoms with E-state index >= 15 is 0 Å². The lowest BCUT2D eigenvalue weighted by molar-refractivity contribution is 0.0628. The Bertz CT molecular complexity index is 196. The van der Waals surface area contributed by atoms with E-state index in [1.807, 2.05) is 0 Å². The summed E-state index contributed by atoms with van der Waals surface area (Å²) in [4.78, 5) is 2.26. The summed E-state index contributed by atoms with van der Waals surface area (Å²) in [5.74, 6) is 0. The first-order valence-electron chi connectivity index (χ1n) is 6.79. The number of likely N-dealkylation sites (N-methyl/N-ethyl adjacent to an activating group) is 1. The van der Waals surface area contributed by atoms with E-state index in [2.05, 4.69) is 31.1 Å². The van der Waals surface area contributed by atoms with Crippen molar-refractivity contribution in [1.29, 1.82) is 0 Å². The molecule has 1 atom stereocenters. The monoisotopic (exact) mass is 244 g/mol. The molecular formula is C13H28N2O2. The molecule has 0 aromatic rings. The minimum Gasteiger partial charge on any atom is -0.395 e. The number of nitrogens with one attached hydrogen (secondary N) is 1. The van der Waals surface area contributed by atoms with Crippen molar-refractivity contribution in [2.45, 2.75) is 51.3 Å². The number of rotatable bonds is 10. The van der Waals surface area contributed by atoms with Gasteiger partial charge in [0.2, 0.25) is 0 Å². The molecule has 1 saturated carbocycles. The van der Waals surface area contributed by atoms with E-state index in [1.54, 1.807) is 0 Å². The van der Waals surface area contributed by atoms with Crippen LogP contribution in [0.1, 0.15) is 33.1 Å². The lowest BCUT2D eigenvalue weighted by Crippen LogP contribution is -2.37. The van der Waals surface area contributed by atoms with E-state index in [9.17, 15) is 5.11 Å². The number of aliphatic hydroxyl groups is 1. The quantitative estimate of drug-likeness (QED) is 0.598. The Hall–Kier alpha value is -0.160. The fourth-order valence-corrected chi connectivity index (χ4v) is 1.74. The van der Waals surface area contributed by atoms with E-state index in [4.69, 9.17) is 4.74 Å². The first kappa shape index (κ1) is 14.9.